The van der Waals surface area contributed by atoms with Gasteiger partial charge in [-0.1, -0.05) is 99.5 Å². The van der Waals surface area contributed by atoms with Gasteiger partial charge in [0.05, 0.1) is 5.69 Å². The average molecular weight is 1120 g/mol. The number of fused-ring (bicyclic) bond motifs is 1. The lowest BCUT2D eigenvalue weighted by molar-refractivity contribution is -0.145. The molecule has 1 atom stereocenters. The number of aliphatic hydroxyl groups is 2. The van der Waals surface area contributed by atoms with Crippen LogP contribution in [0, 0.1) is 6.92 Å². The maximum absolute atomic E-state index is 15.3. The Balaban J connectivity index is 0.000000323. The van der Waals surface area contributed by atoms with Crippen molar-refractivity contribution in [2.45, 2.75) is 167 Å². The number of aryl methyl sites for hydroxylation is 2. The Labute approximate surface area is 478 Å². The number of benzene rings is 4. The molecule has 442 valence electrons. The van der Waals surface area contributed by atoms with E-state index in [1.54, 1.807) is 13.0 Å². The van der Waals surface area contributed by atoms with Crippen LogP contribution in [-0.2, 0) is 35.1 Å². The summed E-state index contributed by atoms with van der Waals surface area (Å²) < 4.78 is 34.5. The van der Waals surface area contributed by atoms with Gasteiger partial charge in [-0.3, -0.25) is 19.2 Å². The van der Waals surface area contributed by atoms with E-state index in [0.29, 0.717) is 61.2 Å². The fourth-order valence-electron chi connectivity index (χ4n) is 12.2. The standard InChI is InChI=1S/C32H37FN4O4.C28H37FN2O3.C2H6.2CH4O/c1-4-23-9-6-10-25(20-23)34-32(41)36-17-15-24(16-18-36)26-13-14-28(30-22(2)8-5-11-27(26)30)37(21-39)29(12-7-19-38)31(40)35(3)33;1-20(19-33)26(34-15-14-32)25(29)21(2)22-8-7-9-23(16-22)30-24-17-27(10-3-4-11-27)31-28(18-24)12-5-6-13-28;3*1-2/h5-6,8-11,13-14,19-21,24,29H,4,7,12,15-18H2,1-3H3,(H,34,41);7-9,14,16,19,24,30-31H,3-6,10-13,15,17-18H2,1-2H3;1-2H3;2*2H,1H3/b;25-21-,26-20-;;;. The van der Waals surface area contributed by atoms with Crippen molar-refractivity contribution in [3.8, 4) is 0 Å². The van der Waals surface area contributed by atoms with E-state index in [4.69, 9.17) is 14.9 Å². The zero-order chi connectivity index (χ0) is 59.7. The van der Waals surface area contributed by atoms with Gasteiger partial charge in [0.2, 0.25) is 6.41 Å². The molecular weight excluding hydrogens is 1030 g/mol. The predicted octanol–water partition coefficient (Wildman–Crippen LogP) is 11.9. The number of allylic oxidation sites excluding steroid dienone is 3. The number of anilines is 3. The van der Waals surface area contributed by atoms with Crippen molar-refractivity contribution in [3.05, 3.63) is 118 Å². The van der Waals surface area contributed by atoms with Crippen LogP contribution in [0.5, 0.6) is 0 Å². The zero-order valence-electron chi connectivity index (χ0n) is 49.1. The van der Waals surface area contributed by atoms with Crippen LogP contribution >= 0.6 is 0 Å². The molecule has 0 radical (unpaired) electrons. The Morgan fingerprint density at radius 1 is 0.840 bits per heavy atom. The summed E-state index contributed by atoms with van der Waals surface area (Å²) in [6, 6.07) is 24.4. The number of likely N-dealkylation sites (N-methyl/N-ethyl adjacent to an activating group) is 1. The maximum Gasteiger partial charge on any atom is 0.321 e. The first kappa shape index (κ1) is 66.7. The third-order valence-electron chi connectivity index (χ3n) is 15.9. The highest BCUT2D eigenvalue weighted by molar-refractivity contribution is 6.05. The van der Waals surface area contributed by atoms with Crippen molar-refractivity contribution in [2.75, 3.05) is 56.5 Å². The third kappa shape index (κ3) is 17.4. The molecule has 81 heavy (non-hydrogen) atoms. The zero-order valence-corrected chi connectivity index (χ0v) is 49.1. The highest BCUT2D eigenvalue weighted by atomic mass is 19.2. The molecule has 4 fully saturated rings. The molecule has 15 nitrogen and oxygen atoms in total. The number of rotatable bonds is 18. The predicted molar refractivity (Wildman–Crippen MR) is 319 cm³/mol. The third-order valence-corrected chi connectivity index (χ3v) is 15.9. The van der Waals surface area contributed by atoms with Crippen LogP contribution in [0.2, 0.25) is 0 Å². The molecule has 8 rings (SSSR count). The molecule has 2 saturated heterocycles. The van der Waals surface area contributed by atoms with Crippen LogP contribution < -0.4 is 20.9 Å². The van der Waals surface area contributed by atoms with Gasteiger partial charge in [-0.05, 0) is 154 Å². The van der Waals surface area contributed by atoms with Crippen molar-refractivity contribution in [1.29, 1.82) is 0 Å². The summed E-state index contributed by atoms with van der Waals surface area (Å²) in [4.78, 5) is 74.1. The number of piperidine rings is 2. The number of ether oxygens (including phenoxy) is 1. The molecule has 4 amide bonds. The number of likely N-dealkylation sites (tertiary alicyclic amines) is 1. The first-order valence-corrected chi connectivity index (χ1v) is 28.6. The summed E-state index contributed by atoms with van der Waals surface area (Å²) in [6.45, 7) is 12.1. The second-order valence-corrected chi connectivity index (χ2v) is 21.0. The van der Waals surface area contributed by atoms with E-state index in [2.05, 4.69) is 22.9 Å². The molecule has 0 bridgehead atoms. The van der Waals surface area contributed by atoms with Crippen molar-refractivity contribution in [2.24, 2.45) is 0 Å². The molecule has 2 heterocycles. The number of urea groups is 1. The lowest BCUT2D eigenvalue weighted by Gasteiger charge is -2.50. The quantitative estimate of drug-likeness (QED) is 0.0209. The summed E-state index contributed by atoms with van der Waals surface area (Å²) in [7, 11) is 2.99. The number of carbonyl (C=O) groups is 6. The van der Waals surface area contributed by atoms with E-state index in [9.17, 15) is 33.2 Å². The van der Waals surface area contributed by atoms with E-state index < -0.39 is 17.8 Å². The van der Waals surface area contributed by atoms with E-state index >= 15 is 4.39 Å². The minimum absolute atomic E-state index is 0.00766. The van der Waals surface area contributed by atoms with Crippen LogP contribution in [0.25, 0.3) is 16.3 Å². The largest absolute Gasteiger partial charge is 0.483 e. The van der Waals surface area contributed by atoms with Crippen LogP contribution in [0.3, 0.4) is 0 Å². The normalized spacial score (nSPS) is 17.8. The first-order chi connectivity index (χ1) is 39.2. The Morgan fingerprint density at radius 3 is 2.01 bits per heavy atom. The summed E-state index contributed by atoms with van der Waals surface area (Å²) in [6.07, 6.45) is 17.2. The van der Waals surface area contributed by atoms with Crippen LogP contribution in [-0.4, -0.2) is 122 Å². The van der Waals surface area contributed by atoms with Crippen molar-refractivity contribution in [1.82, 2.24) is 15.3 Å². The van der Waals surface area contributed by atoms with Gasteiger partial charge in [-0.15, -0.1) is 0 Å². The van der Waals surface area contributed by atoms with E-state index in [1.165, 1.54) is 63.2 Å². The number of amides is 4. The topological polar surface area (TPSA) is 198 Å². The lowest BCUT2D eigenvalue weighted by Crippen LogP contribution is -2.63. The number of aliphatic hydroxyl groups excluding tert-OH is 2. The minimum atomic E-state index is -1.15. The summed E-state index contributed by atoms with van der Waals surface area (Å²) >= 11 is 0. The average Bonchev–Trinajstić information content (AvgIpc) is 4.32. The molecule has 2 aliphatic carbocycles. The Hall–Kier alpha value is -6.82. The Bertz CT molecular complexity index is 2740. The molecule has 4 aliphatic rings. The van der Waals surface area contributed by atoms with Gasteiger partial charge in [0, 0.05) is 80.2 Å². The van der Waals surface area contributed by atoms with Crippen molar-refractivity contribution in [3.63, 3.8) is 0 Å². The molecule has 4 aromatic carbocycles. The SMILES string of the molecule is C/C(C=O)=C(OCC=O)\C(F)=C(/C)c1cccc(NC2CC3(CCCC3)NC3(CCCC3)C2)c1.CC.CCc1cccc(NC(=O)N2CCC(c3ccc(N(C=O)C(CCC=O)C(=O)N(C)F)c4c(C)cccc34)CC2)c1.CO.CO. The van der Waals surface area contributed by atoms with Gasteiger partial charge in [0.15, 0.2) is 17.9 Å². The number of nitrogens with one attached hydrogen (secondary N) is 3. The molecule has 2 spiro atoms. The molecule has 1 unspecified atom stereocenters. The molecular formula is C64H88F2N6O9. The molecule has 4 aromatic rings. The van der Waals surface area contributed by atoms with Gasteiger partial charge >= 0.3 is 6.03 Å². The van der Waals surface area contributed by atoms with Gasteiger partial charge in [-0.25, -0.2) is 9.18 Å². The van der Waals surface area contributed by atoms with Crippen molar-refractivity contribution < 1.29 is 52.6 Å². The summed E-state index contributed by atoms with van der Waals surface area (Å²) in [5.74, 6) is -1.50. The number of aldehydes is 3. The Kier molecular flexibility index (Phi) is 27.3. The second kappa shape index (κ2) is 33.2. The number of hydrogen-bond acceptors (Lipinski definition) is 11. The van der Waals surface area contributed by atoms with Gasteiger partial charge in [-0.2, -0.15) is 5.12 Å². The minimum Gasteiger partial charge on any atom is -0.483 e. The smallest absolute Gasteiger partial charge is 0.321 e. The lowest BCUT2D eigenvalue weighted by atomic mass is 9.74. The second-order valence-electron chi connectivity index (χ2n) is 21.0. The fraction of sp³-hybridized carbons (Fsp3) is 0.500. The molecule has 5 N–H and O–H groups in total. The number of halogens is 2. The summed E-state index contributed by atoms with van der Waals surface area (Å²) in [5, 5.41) is 26.7. The molecule has 2 aliphatic heterocycles. The molecule has 2 saturated carbocycles. The summed E-state index contributed by atoms with van der Waals surface area (Å²) in [5.41, 5.74) is 7.14. The monoisotopic (exact) mass is 1120 g/mol. The fourth-order valence-corrected chi connectivity index (χ4v) is 12.2. The van der Waals surface area contributed by atoms with Crippen LogP contribution in [0.15, 0.2) is 96.0 Å². The maximum atomic E-state index is 15.3. The number of carbonyl (C=O) groups excluding carboxylic acids is 6. The van der Waals surface area contributed by atoms with Crippen LogP contribution in [0.1, 0.15) is 153 Å². The number of hydrogen-bond donors (Lipinski definition) is 5. The van der Waals surface area contributed by atoms with E-state index in [-0.39, 0.29) is 58.9 Å². The highest BCUT2D eigenvalue weighted by Gasteiger charge is 2.49. The highest BCUT2D eigenvalue weighted by Crippen LogP contribution is 2.47. The van der Waals surface area contributed by atoms with Crippen LogP contribution in [0.4, 0.5) is 30.7 Å². The van der Waals surface area contributed by atoms with Gasteiger partial charge < -0.3 is 45.5 Å². The van der Waals surface area contributed by atoms with Gasteiger partial charge in [0.1, 0.15) is 25.2 Å². The van der Waals surface area contributed by atoms with Crippen molar-refractivity contribution >= 4 is 70.6 Å². The number of nitrogens with zero attached hydrogens (tertiary/aromatic N) is 3. The van der Waals surface area contributed by atoms with E-state index in [0.717, 1.165) is 92.2 Å². The first-order valence-electron chi connectivity index (χ1n) is 28.6. The van der Waals surface area contributed by atoms with Gasteiger partial charge in [0.25, 0.3) is 5.91 Å². The molecule has 17 heteroatoms. The Morgan fingerprint density at radius 2 is 1.44 bits per heavy atom. The van der Waals surface area contributed by atoms with E-state index in [1.807, 2.05) is 98.5 Å². The molecule has 0 aromatic heterocycles.